The van der Waals surface area contributed by atoms with Crippen LogP contribution in [-0.4, -0.2) is 46.1 Å². The van der Waals surface area contributed by atoms with Gasteiger partial charge in [-0.1, -0.05) is 30.3 Å². The Morgan fingerprint density at radius 3 is 2.92 bits per heavy atom. The fourth-order valence-corrected chi connectivity index (χ4v) is 2.93. The maximum absolute atomic E-state index is 11.2. The van der Waals surface area contributed by atoms with Gasteiger partial charge in [0.15, 0.2) is 5.82 Å². The Labute approximate surface area is 139 Å². The lowest BCUT2D eigenvalue weighted by atomic mass is 9.94. The van der Waals surface area contributed by atoms with E-state index in [4.69, 9.17) is 9.84 Å². The molecule has 1 fully saturated rings. The van der Waals surface area contributed by atoms with Gasteiger partial charge in [0.1, 0.15) is 12.4 Å². The molecule has 1 aromatic carbocycles. The van der Waals surface area contributed by atoms with Gasteiger partial charge < -0.3 is 9.84 Å². The summed E-state index contributed by atoms with van der Waals surface area (Å²) in [6.07, 6.45) is 0.555. The number of aromatic nitrogens is 3. The Balaban J connectivity index is 1.90. The number of hydrogen-bond acceptors (Lipinski definition) is 6. The topological polar surface area (TPSA) is 101 Å². The van der Waals surface area contributed by atoms with Gasteiger partial charge >= 0.3 is 5.97 Å². The Hall–Kier alpha value is -2.29. The van der Waals surface area contributed by atoms with E-state index >= 15 is 0 Å². The molecule has 0 amide bonds. The van der Waals surface area contributed by atoms with Crippen molar-refractivity contribution >= 4 is 5.97 Å². The van der Waals surface area contributed by atoms with Crippen LogP contribution in [0.2, 0.25) is 0 Å². The van der Waals surface area contributed by atoms with Crippen molar-refractivity contribution in [3.05, 3.63) is 47.5 Å². The van der Waals surface area contributed by atoms with Crippen LogP contribution in [-0.2, 0) is 22.5 Å². The summed E-state index contributed by atoms with van der Waals surface area (Å²) in [5, 5.41) is 13.5. The molecule has 1 aliphatic heterocycles. The quantitative estimate of drug-likeness (QED) is 0.678. The highest BCUT2D eigenvalue weighted by Gasteiger charge is 2.34. The molecule has 8 nitrogen and oxygen atoms in total. The molecular formula is C16H21N5O3. The number of aliphatic carboxylic acids is 1. The number of ether oxygens (including phenoxy) is 1. The van der Waals surface area contributed by atoms with Crippen LogP contribution in [0.15, 0.2) is 30.3 Å². The van der Waals surface area contributed by atoms with Crippen LogP contribution in [0.3, 0.4) is 0 Å². The molecule has 0 saturated carbocycles. The summed E-state index contributed by atoms with van der Waals surface area (Å²) in [6, 6.07) is 10.0. The number of carboxylic acid groups (broad SMARTS) is 1. The van der Waals surface area contributed by atoms with E-state index in [9.17, 15) is 4.79 Å². The fraction of sp³-hybridized carbons (Fsp3) is 0.438. The van der Waals surface area contributed by atoms with Crippen LogP contribution in [0.5, 0.6) is 0 Å². The predicted molar refractivity (Wildman–Crippen MR) is 86.3 cm³/mol. The molecule has 2 atom stereocenters. The first-order chi connectivity index (χ1) is 11.7. The van der Waals surface area contributed by atoms with Crippen LogP contribution in [0.1, 0.15) is 29.2 Å². The van der Waals surface area contributed by atoms with E-state index in [-0.39, 0.29) is 18.5 Å². The van der Waals surface area contributed by atoms with Crippen molar-refractivity contribution in [2.24, 2.45) is 0 Å². The molecule has 0 bridgehead atoms. The van der Waals surface area contributed by atoms with Crippen LogP contribution < -0.4 is 10.9 Å². The largest absolute Gasteiger partial charge is 0.480 e. The van der Waals surface area contributed by atoms with E-state index in [1.165, 1.54) is 4.68 Å². The molecule has 1 aromatic heterocycles. The number of nitrogens with zero attached hydrogens (tertiary/aromatic N) is 3. The lowest BCUT2D eigenvalue weighted by Crippen LogP contribution is -2.25. The zero-order chi connectivity index (χ0) is 16.9. The summed E-state index contributed by atoms with van der Waals surface area (Å²) >= 11 is 0. The van der Waals surface area contributed by atoms with Gasteiger partial charge in [-0.3, -0.25) is 10.2 Å². The standard InChI is InChI=1S/C16H21N5O3/c1-24-8-7-13-18-16(21(20-13)10-14(22)23)12-9-17-19-15(12)11-5-3-2-4-6-11/h2-6,12,15,17,19H,7-10H2,1H3,(H,22,23). The van der Waals surface area contributed by atoms with Crippen LogP contribution >= 0.6 is 0 Å². The van der Waals surface area contributed by atoms with Gasteiger partial charge in [0.25, 0.3) is 0 Å². The van der Waals surface area contributed by atoms with Gasteiger partial charge in [0.05, 0.1) is 18.6 Å². The molecule has 2 unspecified atom stereocenters. The molecule has 1 saturated heterocycles. The first kappa shape index (κ1) is 16.6. The van der Waals surface area contributed by atoms with Gasteiger partial charge in [-0.25, -0.2) is 15.1 Å². The average molecular weight is 331 g/mol. The number of hydrogen-bond donors (Lipinski definition) is 3. The summed E-state index contributed by atoms with van der Waals surface area (Å²) in [5.74, 6) is 0.340. The molecule has 2 aromatic rings. The number of rotatable bonds is 7. The SMILES string of the molecule is COCCc1nc(C2CNNC2c2ccccc2)n(CC(=O)O)n1. The summed E-state index contributed by atoms with van der Waals surface area (Å²) in [7, 11) is 1.62. The van der Waals surface area contributed by atoms with Gasteiger partial charge in [-0.05, 0) is 5.56 Å². The van der Waals surface area contributed by atoms with Gasteiger partial charge in [0, 0.05) is 20.1 Å². The lowest BCUT2D eigenvalue weighted by Gasteiger charge is -2.18. The monoisotopic (exact) mass is 331 g/mol. The Kier molecular flexibility index (Phi) is 5.19. The molecule has 1 aliphatic rings. The average Bonchev–Trinajstić information content (AvgIpc) is 3.19. The second-order valence-electron chi connectivity index (χ2n) is 5.70. The van der Waals surface area contributed by atoms with Crippen molar-refractivity contribution in [2.45, 2.75) is 24.9 Å². The second-order valence-corrected chi connectivity index (χ2v) is 5.70. The Morgan fingerprint density at radius 1 is 1.42 bits per heavy atom. The Bertz CT molecular complexity index is 688. The van der Waals surface area contributed by atoms with E-state index < -0.39 is 5.97 Å². The number of methoxy groups -OCH3 is 1. The number of benzene rings is 1. The van der Waals surface area contributed by atoms with Crippen molar-refractivity contribution in [3.63, 3.8) is 0 Å². The van der Waals surface area contributed by atoms with E-state index in [0.29, 0.717) is 31.2 Å². The fourth-order valence-electron chi connectivity index (χ4n) is 2.93. The zero-order valence-electron chi connectivity index (χ0n) is 13.5. The summed E-state index contributed by atoms with van der Waals surface area (Å²) in [5.41, 5.74) is 7.52. The minimum absolute atomic E-state index is 0.00413. The molecule has 128 valence electrons. The molecule has 0 radical (unpaired) electrons. The van der Waals surface area contributed by atoms with Crippen molar-refractivity contribution < 1.29 is 14.6 Å². The lowest BCUT2D eigenvalue weighted by molar-refractivity contribution is -0.137. The minimum Gasteiger partial charge on any atom is -0.480 e. The number of carboxylic acids is 1. The third-order valence-corrected chi connectivity index (χ3v) is 4.03. The highest BCUT2D eigenvalue weighted by molar-refractivity contribution is 5.66. The number of nitrogens with one attached hydrogen (secondary N) is 2. The maximum atomic E-state index is 11.2. The van der Waals surface area contributed by atoms with Crippen molar-refractivity contribution in [1.82, 2.24) is 25.6 Å². The van der Waals surface area contributed by atoms with E-state index in [0.717, 1.165) is 5.56 Å². The predicted octanol–water partition coefficient (Wildman–Crippen LogP) is 0.484. The van der Waals surface area contributed by atoms with E-state index in [2.05, 4.69) is 20.9 Å². The third kappa shape index (κ3) is 3.61. The maximum Gasteiger partial charge on any atom is 0.325 e. The van der Waals surface area contributed by atoms with E-state index in [1.807, 2.05) is 30.3 Å². The summed E-state index contributed by atoms with van der Waals surface area (Å²) in [6.45, 7) is 0.953. The first-order valence-electron chi connectivity index (χ1n) is 7.86. The van der Waals surface area contributed by atoms with Gasteiger partial charge in [0.2, 0.25) is 0 Å². The summed E-state index contributed by atoms with van der Waals surface area (Å²) in [4.78, 5) is 15.8. The second kappa shape index (κ2) is 7.52. The van der Waals surface area contributed by atoms with Crippen LogP contribution in [0.4, 0.5) is 0 Å². The summed E-state index contributed by atoms with van der Waals surface area (Å²) < 4.78 is 6.55. The van der Waals surface area contributed by atoms with Crippen LogP contribution in [0, 0.1) is 0 Å². The molecule has 0 aliphatic carbocycles. The molecule has 3 rings (SSSR count). The van der Waals surface area contributed by atoms with E-state index in [1.54, 1.807) is 7.11 Å². The van der Waals surface area contributed by atoms with Gasteiger partial charge in [-0.2, -0.15) is 5.10 Å². The van der Waals surface area contributed by atoms with Gasteiger partial charge in [-0.15, -0.1) is 0 Å². The molecule has 8 heteroatoms. The Morgan fingerprint density at radius 2 is 2.21 bits per heavy atom. The molecular weight excluding hydrogens is 310 g/mol. The highest BCUT2D eigenvalue weighted by atomic mass is 16.5. The highest BCUT2D eigenvalue weighted by Crippen LogP contribution is 2.32. The van der Waals surface area contributed by atoms with Crippen molar-refractivity contribution in [2.75, 3.05) is 20.3 Å². The number of carbonyl (C=O) groups is 1. The first-order valence-corrected chi connectivity index (χ1v) is 7.86. The number of hydrazine groups is 1. The molecule has 0 spiro atoms. The van der Waals surface area contributed by atoms with Crippen LogP contribution in [0.25, 0.3) is 0 Å². The smallest absolute Gasteiger partial charge is 0.325 e. The molecule has 3 N–H and O–H groups in total. The molecule has 24 heavy (non-hydrogen) atoms. The third-order valence-electron chi connectivity index (χ3n) is 4.03. The minimum atomic E-state index is -0.936. The normalized spacial score (nSPS) is 20.4. The van der Waals surface area contributed by atoms with Crippen molar-refractivity contribution in [3.8, 4) is 0 Å². The van der Waals surface area contributed by atoms with Crippen molar-refractivity contribution in [1.29, 1.82) is 0 Å². The molecule has 2 heterocycles. The zero-order valence-corrected chi connectivity index (χ0v) is 13.5.